The summed E-state index contributed by atoms with van der Waals surface area (Å²) in [6.45, 7) is 4.81. The number of fused-ring (bicyclic) bond motifs is 1. The first-order valence-electron chi connectivity index (χ1n) is 9.36. The molecule has 0 fully saturated rings. The molecule has 0 saturated carbocycles. The van der Waals surface area contributed by atoms with Gasteiger partial charge in [-0.2, -0.15) is 9.97 Å². The van der Waals surface area contributed by atoms with Gasteiger partial charge in [-0.05, 0) is 37.1 Å². The smallest absolute Gasteiger partial charge is 0.247 e. The molecule has 0 aliphatic rings. The summed E-state index contributed by atoms with van der Waals surface area (Å²) in [5.74, 6) is 0.485. The van der Waals surface area contributed by atoms with Crippen molar-refractivity contribution in [1.29, 1.82) is 0 Å². The molecule has 4 rings (SSSR count). The van der Waals surface area contributed by atoms with E-state index in [2.05, 4.69) is 20.3 Å². The highest BCUT2D eigenvalue weighted by molar-refractivity contribution is 5.79. The standard InChI is InChI=1S/C22H20FN5O/c1-3-29-21-19-20(24-13-18(26-19)17-7-5-4-6-14(17)2)27-22(28-21)25-12-15-8-10-16(23)11-9-15/h4-11,13H,3,12H2,1-2H3,(H,24,25,27,28). The average Bonchev–Trinajstić information content (AvgIpc) is 2.74. The second-order valence-corrected chi connectivity index (χ2v) is 6.51. The van der Waals surface area contributed by atoms with Crippen molar-refractivity contribution in [3.05, 3.63) is 71.7 Å². The van der Waals surface area contributed by atoms with Crippen molar-refractivity contribution in [3.8, 4) is 17.1 Å². The van der Waals surface area contributed by atoms with Gasteiger partial charge in [0.05, 0.1) is 18.5 Å². The van der Waals surface area contributed by atoms with E-state index in [9.17, 15) is 4.39 Å². The highest BCUT2D eigenvalue weighted by Crippen LogP contribution is 2.26. The SMILES string of the molecule is CCOc1nc(NCc2ccc(F)cc2)nc2ncc(-c3ccccc3C)nc12. The molecule has 0 aliphatic carbocycles. The van der Waals surface area contributed by atoms with Crippen molar-refractivity contribution in [1.82, 2.24) is 19.9 Å². The van der Waals surface area contributed by atoms with Gasteiger partial charge in [-0.25, -0.2) is 14.4 Å². The molecule has 7 heteroatoms. The van der Waals surface area contributed by atoms with Crippen LogP contribution in [0.1, 0.15) is 18.1 Å². The second-order valence-electron chi connectivity index (χ2n) is 6.51. The summed E-state index contributed by atoms with van der Waals surface area (Å²) in [7, 11) is 0. The summed E-state index contributed by atoms with van der Waals surface area (Å²) < 4.78 is 18.8. The van der Waals surface area contributed by atoms with Gasteiger partial charge in [0.15, 0.2) is 11.2 Å². The van der Waals surface area contributed by atoms with Gasteiger partial charge < -0.3 is 10.1 Å². The Bertz CT molecular complexity index is 1150. The molecule has 2 heterocycles. The van der Waals surface area contributed by atoms with E-state index in [1.54, 1.807) is 18.3 Å². The van der Waals surface area contributed by atoms with Crippen LogP contribution in [0.4, 0.5) is 10.3 Å². The number of ether oxygens (including phenoxy) is 1. The van der Waals surface area contributed by atoms with Crippen LogP contribution in [0.5, 0.6) is 5.88 Å². The Morgan fingerprint density at radius 1 is 1.00 bits per heavy atom. The average molecular weight is 389 g/mol. The Hall–Kier alpha value is -3.61. The van der Waals surface area contributed by atoms with Gasteiger partial charge in [0.1, 0.15) is 5.82 Å². The number of hydrogen-bond donors (Lipinski definition) is 1. The molecule has 0 amide bonds. The Morgan fingerprint density at radius 3 is 2.55 bits per heavy atom. The zero-order valence-corrected chi connectivity index (χ0v) is 16.2. The van der Waals surface area contributed by atoms with Gasteiger partial charge in [0.2, 0.25) is 11.8 Å². The molecular weight excluding hydrogens is 369 g/mol. The third-order valence-corrected chi connectivity index (χ3v) is 4.44. The Labute approximate surface area is 167 Å². The molecule has 6 nitrogen and oxygen atoms in total. The number of nitrogens with one attached hydrogen (secondary N) is 1. The molecule has 29 heavy (non-hydrogen) atoms. The predicted octanol–water partition coefficient (Wildman–Crippen LogP) is 4.55. The Kier molecular flexibility index (Phi) is 5.29. The zero-order chi connectivity index (χ0) is 20.2. The maximum Gasteiger partial charge on any atom is 0.247 e. The van der Waals surface area contributed by atoms with Crippen molar-refractivity contribution in [2.45, 2.75) is 20.4 Å². The lowest BCUT2D eigenvalue weighted by atomic mass is 10.1. The third kappa shape index (κ3) is 4.13. The summed E-state index contributed by atoms with van der Waals surface area (Å²) >= 11 is 0. The first kappa shape index (κ1) is 18.7. The first-order chi connectivity index (χ1) is 14.1. The van der Waals surface area contributed by atoms with E-state index in [0.717, 1.165) is 22.4 Å². The first-order valence-corrected chi connectivity index (χ1v) is 9.36. The number of anilines is 1. The van der Waals surface area contributed by atoms with Crippen molar-refractivity contribution in [2.75, 3.05) is 11.9 Å². The van der Waals surface area contributed by atoms with Crippen LogP contribution in [0.25, 0.3) is 22.4 Å². The highest BCUT2D eigenvalue weighted by Gasteiger charge is 2.14. The maximum absolute atomic E-state index is 13.1. The number of nitrogens with zero attached hydrogens (tertiary/aromatic N) is 4. The van der Waals surface area contributed by atoms with E-state index < -0.39 is 0 Å². The predicted molar refractivity (Wildman–Crippen MR) is 110 cm³/mol. The fourth-order valence-corrected chi connectivity index (χ4v) is 2.97. The van der Waals surface area contributed by atoms with Gasteiger partial charge >= 0.3 is 0 Å². The summed E-state index contributed by atoms with van der Waals surface area (Å²) in [4.78, 5) is 18.1. The molecule has 4 aromatic rings. The van der Waals surface area contributed by atoms with E-state index >= 15 is 0 Å². The van der Waals surface area contributed by atoms with E-state index in [0.29, 0.717) is 36.1 Å². The van der Waals surface area contributed by atoms with E-state index in [4.69, 9.17) is 9.72 Å². The maximum atomic E-state index is 13.1. The van der Waals surface area contributed by atoms with Gasteiger partial charge in [-0.3, -0.25) is 0 Å². The lowest BCUT2D eigenvalue weighted by molar-refractivity contribution is 0.330. The zero-order valence-electron chi connectivity index (χ0n) is 16.2. The summed E-state index contributed by atoms with van der Waals surface area (Å²) in [5.41, 5.74) is 4.73. The summed E-state index contributed by atoms with van der Waals surface area (Å²) in [6.07, 6.45) is 1.71. The van der Waals surface area contributed by atoms with E-state index in [-0.39, 0.29) is 5.82 Å². The number of aromatic nitrogens is 4. The van der Waals surface area contributed by atoms with Gasteiger partial charge in [0.25, 0.3) is 0 Å². The number of hydrogen-bond acceptors (Lipinski definition) is 6. The van der Waals surface area contributed by atoms with Crippen LogP contribution in [-0.4, -0.2) is 26.5 Å². The second kappa shape index (κ2) is 8.18. The Morgan fingerprint density at radius 2 is 1.79 bits per heavy atom. The molecule has 0 saturated heterocycles. The van der Waals surface area contributed by atoms with Gasteiger partial charge in [0, 0.05) is 12.1 Å². The molecule has 146 valence electrons. The van der Waals surface area contributed by atoms with Crippen LogP contribution in [0.15, 0.2) is 54.7 Å². The van der Waals surface area contributed by atoms with Crippen LogP contribution in [0.3, 0.4) is 0 Å². The fourth-order valence-electron chi connectivity index (χ4n) is 2.97. The highest BCUT2D eigenvalue weighted by atomic mass is 19.1. The largest absolute Gasteiger partial charge is 0.476 e. The summed E-state index contributed by atoms with van der Waals surface area (Å²) in [5, 5.41) is 3.13. The van der Waals surface area contributed by atoms with Gasteiger partial charge in [-0.1, -0.05) is 36.4 Å². The fraction of sp³-hybridized carbons (Fsp3) is 0.182. The number of benzene rings is 2. The lowest BCUT2D eigenvalue weighted by Gasteiger charge is -2.11. The molecule has 0 radical (unpaired) electrons. The monoisotopic (exact) mass is 389 g/mol. The minimum Gasteiger partial charge on any atom is -0.476 e. The van der Waals surface area contributed by atoms with Crippen LogP contribution in [0.2, 0.25) is 0 Å². The normalized spacial score (nSPS) is 10.9. The molecule has 2 aromatic carbocycles. The number of halogens is 1. The third-order valence-electron chi connectivity index (χ3n) is 4.44. The molecule has 1 N–H and O–H groups in total. The minimum absolute atomic E-state index is 0.269. The van der Waals surface area contributed by atoms with Gasteiger partial charge in [-0.15, -0.1) is 0 Å². The minimum atomic E-state index is -0.269. The number of aryl methyl sites for hydroxylation is 1. The van der Waals surface area contributed by atoms with E-state index in [1.165, 1.54) is 12.1 Å². The van der Waals surface area contributed by atoms with Crippen LogP contribution < -0.4 is 10.1 Å². The topological polar surface area (TPSA) is 72.8 Å². The molecule has 0 spiro atoms. The number of rotatable bonds is 6. The van der Waals surface area contributed by atoms with Crippen LogP contribution in [0, 0.1) is 12.7 Å². The van der Waals surface area contributed by atoms with Crippen molar-refractivity contribution in [3.63, 3.8) is 0 Å². The molecule has 2 aromatic heterocycles. The summed E-state index contributed by atoms with van der Waals surface area (Å²) in [6, 6.07) is 14.2. The quantitative estimate of drug-likeness (QED) is 0.522. The molecule has 0 aliphatic heterocycles. The molecule has 0 unspecified atom stereocenters. The molecule has 0 atom stereocenters. The van der Waals surface area contributed by atoms with E-state index in [1.807, 2.05) is 38.1 Å². The van der Waals surface area contributed by atoms with Crippen LogP contribution in [-0.2, 0) is 6.54 Å². The molecule has 0 bridgehead atoms. The van der Waals surface area contributed by atoms with Crippen LogP contribution >= 0.6 is 0 Å². The lowest BCUT2D eigenvalue weighted by Crippen LogP contribution is -2.07. The Balaban J connectivity index is 1.68. The van der Waals surface area contributed by atoms with Crippen molar-refractivity contribution in [2.24, 2.45) is 0 Å². The van der Waals surface area contributed by atoms with Crippen molar-refractivity contribution >= 4 is 17.1 Å². The molecular formula is C22H20FN5O. The van der Waals surface area contributed by atoms with Crippen molar-refractivity contribution < 1.29 is 9.13 Å².